The molecular formula is C18H24N2O4. The van der Waals surface area contributed by atoms with Crippen molar-refractivity contribution in [2.24, 2.45) is 0 Å². The van der Waals surface area contributed by atoms with Gasteiger partial charge >= 0.3 is 5.97 Å². The fourth-order valence-electron chi connectivity index (χ4n) is 3.56. The van der Waals surface area contributed by atoms with E-state index in [9.17, 15) is 14.7 Å². The maximum atomic E-state index is 12.3. The average molecular weight is 332 g/mol. The molecule has 1 amide bonds. The second-order valence-electron chi connectivity index (χ2n) is 6.86. The van der Waals surface area contributed by atoms with Crippen LogP contribution in [-0.2, 0) is 20.7 Å². The number of rotatable bonds is 6. The summed E-state index contributed by atoms with van der Waals surface area (Å²) >= 11 is 0. The number of benzene rings is 1. The summed E-state index contributed by atoms with van der Waals surface area (Å²) in [5.41, 5.74) is 1.82. The summed E-state index contributed by atoms with van der Waals surface area (Å²) in [6, 6.07) is 7.07. The van der Waals surface area contributed by atoms with E-state index in [-0.39, 0.29) is 18.9 Å². The van der Waals surface area contributed by atoms with Crippen LogP contribution in [0.5, 0.6) is 0 Å². The van der Waals surface area contributed by atoms with Gasteiger partial charge in [-0.1, -0.05) is 18.2 Å². The van der Waals surface area contributed by atoms with Crippen LogP contribution in [0.2, 0.25) is 0 Å². The minimum atomic E-state index is -1.01. The van der Waals surface area contributed by atoms with Crippen LogP contribution in [0.1, 0.15) is 31.7 Å². The van der Waals surface area contributed by atoms with Gasteiger partial charge in [-0.05, 0) is 37.8 Å². The number of anilines is 1. The zero-order chi connectivity index (χ0) is 17.2. The van der Waals surface area contributed by atoms with E-state index >= 15 is 0 Å². The van der Waals surface area contributed by atoms with Crippen molar-refractivity contribution in [2.45, 2.75) is 44.2 Å². The lowest BCUT2D eigenvalue weighted by molar-refractivity contribution is -0.142. The first-order chi connectivity index (χ1) is 11.5. The number of hydrogen-bond acceptors (Lipinski definition) is 4. The highest BCUT2D eigenvalue weighted by Gasteiger charge is 2.34. The van der Waals surface area contributed by atoms with Crippen molar-refractivity contribution in [3.05, 3.63) is 29.8 Å². The largest absolute Gasteiger partial charge is 0.480 e. The number of carboxylic acids is 1. The highest BCUT2D eigenvalue weighted by Crippen LogP contribution is 2.29. The maximum absolute atomic E-state index is 12.3. The van der Waals surface area contributed by atoms with E-state index in [4.69, 9.17) is 4.74 Å². The zero-order valence-electron chi connectivity index (χ0n) is 14.0. The number of carbonyl (C=O) groups excluding carboxylic acids is 1. The number of ether oxygens (including phenoxy) is 1. The lowest BCUT2D eigenvalue weighted by Gasteiger charge is -2.26. The summed E-state index contributed by atoms with van der Waals surface area (Å²) in [6.45, 7) is 3.62. The van der Waals surface area contributed by atoms with Gasteiger partial charge < -0.3 is 20.1 Å². The smallest absolute Gasteiger partial charge is 0.328 e. The summed E-state index contributed by atoms with van der Waals surface area (Å²) in [4.78, 5) is 25.9. The molecule has 2 atom stereocenters. The number of para-hydroxylation sites is 1. The van der Waals surface area contributed by atoms with Crippen molar-refractivity contribution in [1.82, 2.24) is 5.32 Å². The molecule has 1 aromatic carbocycles. The molecule has 0 saturated carbocycles. The monoisotopic (exact) mass is 332 g/mol. The van der Waals surface area contributed by atoms with Gasteiger partial charge in [0.15, 0.2) is 0 Å². The maximum Gasteiger partial charge on any atom is 0.328 e. The van der Waals surface area contributed by atoms with Crippen molar-refractivity contribution in [1.29, 1.82) is 0 Å². The van der Waals surface area contributed by atoms with Gasteiger partial charge in [0.1, 0.15) is 6.04 Å². The van der Waals surface area contributed by atoms with Crippen LogP contribution < -0.4 is 10.2 Å². The van der Waals surface area contributed by atoms with Gasteiger partial charge in [-0.15, -0.1) is 0 Å². The van der Waals surface area contributed by atoms with E-state index in [1.54, 1.807) is 0 Å². The SMILES string of the molecule is CC1(CC(=O)NC(CN2CCc3ccccc32)C(=O)O)CCCO1. The standard InChI is InChI=1S/C18H24N2O4/c1-18(8-4-10-24-18)11-16(21)19-14(17(22)23)12-20-9-7-13-5-2-3-6-15(13)20/h2-3,5-6,14H,4,7-12H2,1H3,(H,19,21)(H,22,23). The Morgan fingerprint density at radius 3 is 2.92 bits per heavy atom. The number of fused-ring (bicyclic) bond motifs is 1. The van der Waals surface area contributed by atoms with Crippen molar-refractivity contribution < 1.29 is 19.4 Å². The van der Waals surface area contributed by atoms with Crippen molar-refractivity contribution in [3.8, 4) is 0 Å². The molecule has 2 heterocycles. The Morgan fingerprint density at radius 2 is 2.21 bits per heavy atom. The molecule has 2 aliphatic heterocycles. The van der Waals surface area contributed by atoms with Crippen LogP contribution >= 0.6 is 0 Å². The number of nitrogens with one attached hydrogen (secondary N) is 1. The molecule has 1 aromatic rings. The molecule has 2 N–H and O–H groups in total. The van der Waals surface area contributed by atoms with Gasteiger partial charge in [-0.3, -0.25) is 4.79 Å². The van der Waals surface area contributed by atoms with Gasteiger partial charge in [0.2, 0.25) is 5.91 Å². The van der Waals surface area contributed by atoms with Gasteiger partial charge in [-0.2, -0.15) is 0 Å². The van der Waals surface area contributed by atoms with E-state index in [0.717, 1.165) is 31.5 Å². The van der Waals surface area contributed by atoms with E-state index in [2.05, 4.69) is 11.4 Å². The van der Waals surface area contributed by atoms with Crippen LogP contribution in [0.3, 0.4) is 0 Å². The third kappa shape index (κ3) is 3.70. The highest BCUT2D eigenvalue weighted by molar-refractivity contribution is 5.84. The molecule has 0 radical (unpaired) electrons. The summed E-state index contributed by atoms with van der Waals surface area (Å²) in [5, 5.41) is 12.1. The predicted octanol–water partition coefficient (Wildman–Crippen LogP) is 1.58. The number of amides is 1. The molecule has 0 aliphatic carbocycles. The number of carbonyl (C=O) groups is 2. The first kappa shape index (κ1) is 16.8. The van der Waals surface area contributed by atoms with Gasteiger partial charge in [0.25, 0.3) is 0 Å². The summed E-state index contributed by atoms with van der Waals surface area (Å²) in [5.74, 6) is -1.27. The van der Waals surface area contributed by atoms with E-state index in [0.29, 0.717) is 6.61 Å². The molecule has 0 bridgehead atoms. The quantitative estimate of drug-likeness (QED) is 0.827. The normalized spacial score (nSPS) is 23.8. The van der Waals surface area contributed by atoms with Crippen molar-refractivity contribution >= 4 is 17.6 Å². The van der Waals surface area contributed by atoms with Gasteiger partial charge in [0, 0.05) is 25.4 Å². The fraction of sp³-hybridized carbons (Fsp3) is 0.556. The Morgan fingerprint density at radius 1 is 1.42 bits per heavy atom. The number of hydrogen-bond donors (Lipinski definition) is 2. The van der Waals surface area contributed by atoms with Crippen LogP contribution in [0.25, 0.3) is 0 Å². The molecule has 2 aliphatic rings. The molecule has 3 rings (SSSR count). The molecule has 6 nitrogen and oxygen atoms in total. The molecule has 130 valence electrons. The third-order valence-corrected chi connectivity index (χ3v) is 4.85. The van der Waals surface area contributed by atoms with E-state index in [1.807, 2.05) is 30.0 Å². The number of aliphatic carboxylic acids is 1. The molecule has 2 unspecified atom stereocenters. The van der Waals surface area contributed by atoms with E-state index in [1.165, 1.54) is 5.56 Å². The Labute approximate surface area is 141 Å². The molecule has 6 heteroatoms. The highest BCUT2D eigenvalue weighted by atomic mass is 16.5. The Hall–Kier alpha value is -2.08. The van der Waals surface area contributed by atoms with Crippen LogP contribution in [-0.4, -0.2) is 48.3 Å². The lowest BCUT2D eigenvalue weighted by Crippen LogP contribution is -2.49. The van der Waals surface area contributed by atoms with Crippen LogP contribution in [0.4, 0.5) is 5.69 Å². The van der Waals surface area contributed by atoms with Crippen LogP contribution in [0, 0.1) is 0 Å². The molecule has 24 heavy (non-hydrogen) atoms. The first-order valence-corrected chi connectivity index (χ1v) is 8.46. The van der Waals surface area contributed by atoms with Crippen molar-refractivity contribution in [2.75, 3.05) is 24.6 Å². The molecule has 0 spiro atoms. The number of carboxylic acid groups (broad SMARTS) is 1. The zero-order valence-corrected chi connectivity index (χ0v) is 14.0. The van der Waals surface area contributed by atoms with Gasteiger partial charge in [0.05, 0.1) is 12.0 Å². The summed E-state index contributed by atoms with van der Waals surface area (Å²) in [6.07, 6.45) is 2.88. The lowest BCUT2D eigenvalue weighted by atomic mass is 9.98. The third-order valence-electron chi connectivity index (χ3n) is 4.85. The minimum Gasteiger partial charge on any atom is -0.480 e. The second kappa shape index (κ2) is 6.81. The molecule has 1 fully saturated rings. The molecular weight excluding hydrogens is 308 g/mol. The minimum absolute atomic E-state index is 0.202. The average Bonchev–Trinajstić information content (AvgIpc) is 3.13. The van der Waals surface area contributed by atoms with Crippen molar-refractivity contribution in [3.63, 3.8) is 0 Å². The van der Waals surface area contributed by atoms with E-state index < -0.39 is 17.6 Å². The molecule has 1 saturated heterocycles. The fourth-order valence-corrected chi connectivity index (χ4v) is 3.56. The Bertz CT molecular complexity index is 625. The Balaban J connectivity index is 1.61. The summed E-state index contributed by atoms with van der Waals surface area (Å²) < 4.78 is 5.61. The Kier molecular flexibility index (Phi) is 4.76. The first-order valence-electron chi connectivity index (χ1n) is 8.46. The van der Waals surface area contributed by atoms with Gasteiger partial charge in [-0.25, -0.2) is 4.79 Å². The summed E-state index contributed by atoms with van der Waals surface area (Å²) in [7, 11) is 0. The number of nitrogens with zero attached hydrogens (tertiary/aromatic N) is 1. The topological polar surface area (TPSA) is 78.9 Å². The van der Waals surface area contributed by atoms with Crippen LogP contribution in [0.15, 0.2) is 24.3 Å². The second-order valence-corrected chi connectivity index (χ2v) is 6.86. The molecule has 0 aromatic heterocycles. The predicted molar refractivity (Wildman–Crippen MR) is 90.1 cm³/mol.